The lowest BCUT2D eigenvalue weighted by molar-refractivity contribution is -0.189. The summed E-state index contributed by atoms with van der Waals surface area (Å²) in [5.41, 5.74) is 0. The molecule has 1 nitrogen and oxygen atoms in total. The first-order valence-electron chi connectivity index (χ1n) is 6.29. The molecule has 2 unspecified atom stereocenters. The molecule has 16 heavy (non-hydrogen) atoms. The molecule has 4 heteroatoms. The van der Waals surface area contributed by atoms with E-state index in [9.17, 15) is 13.2 Å². The molecule has 0 aromatic carbocycles. The lowest BCUT2D eigenvalue weighted by atomic mass is 9.83. The zero-order valence-electron chi connectivity index (χ0n) is 10.1. The minimum absolute atomic E-state index is 0.293. The van der Waals surface area contributed by atoms with Crippen LogP contribution in [0.2, 0.25) is 0 Å². The number of nitrogens with one attached hydrogen (secondary N) is 1. The number of hydrogen-bond acceptors (Lipinski definition) is 1. The molecule has 0 aliphatic carbocycles. The summed E-state index contributed by atoms with van der Waals surface area (Å²) in [6.07, 6.45) is -0.495. The molecule has 1 heterocycles. The number of piperidine rings is 1. The fourth-order valence-corrected chi connectivity index (χ4v) is 2.57. The van der Waals surface area contributed by atoms with E-state index >= 15 is 0 Å². The predicted molar refractivity (Wildman–Crippen MR) is 59.3 cm³/mol. The van der Waals surface area contributed by atoms with E-state index in [0.717, 1.165) is 19.4 Å². The number of hydrogen-bond donors (Lipinski definition) is 1. The van der Waals surface area contributed by atoms with Gasteiger partial charge in [-0.15, -0.1) is 0 Å². The van der Waals surface area contributed by atoms with Crippen molar-refractivity contribution in [1.29, 1.82) is 0 Å². The molecule has 1 N–H and O–H groups in total. The van der Waals surface area contributed by atoms with Gasteiger partial charge in [0.2, 0.25) is 0 Å². The van der Waals surface area contributed by atoms with Crippen molar-refractivity contribution in [1.82, 2.24) is 5.32 Å². The van der Waals surface area contributed by atoms with Gasteiger partial charge in [0.1, 0.15) is 0 Å². The highest BCUT2D eigenvalue weighted by molar-refractivity contribution is 4.86. The van der Waals surface area contributed by atoms with Gasteiger partial charge < -0.3 is 5.32 Å². The van der Waals surface area contributed by atoms with Crippen molar-refractivity contribution >= 4 is 0 Å². The quantitative estimate of drug-likeness (QED) is 0.785. The highest BCUT2D eigenvalue weighted by Crippen LogP contribution is 2.37. The largest absolute Gasteiger partial charge is 0.393 e. The summed E-state index contributed by atoms with van der Waals surface area (Å²) in [7, 11) is 0. The summed E-state index contributed by atoms with van der Waals surface area (Å²) in [5, 5.41) is 3.05. The average molecular weight is 237 g/mol. The van der Waals surface area contributed by atoms with Crippen molar-refractivity contribution in [3.63, 3.8) is 0 Å². The first-order chi connectivity index (χ1) is 7.49. The van der Waals surface area contributed by atoms with Gasteiger partial charge in [-0.25, -0.2) is 0 Å². The minimum Gasteiger partial charge on any atom is -0.313 e. The third-order valence-electron chi connectivity index (χ3n) is 3.75. The fraction of sp³-hybridized carbons (Fsp3) is 1.00. The van der Waals surface area contributed by atoms with E-state index in [1.54, 1.807) is 0 Å². The summed E-state index contributed by atoms with van der Waals surface area (Å²) >= 11 is 0. The van der Waals surface area contributed by atoms with Crippen molar-refractivity contribution in [2.75, 3.05) is 6.54 Å². The SMILES string of the molecule is CCC(CC)CC1NCCCC1C(F)(F)F. The molecule has 0 radical (unpaired) electrons. The van der Waals surface area contributed by atoms with E-state index in [1.165, 1.54) is 0 Å². The zero-order chi connectivity index (χ0) is 12.2. The van der Waals surface area contributed by atoms with Crippen LogP contribution in [-0.4, -0.2) is 18.8 Å². The standard InChI is InChI=1S/C12H22F3N/c1-3-9(4-2)8-11-10(12(13,14)15)6-5-7-16-11/h9-11,16H,3-8H2,1-2H3. The summed E-state index contributed by atoms with van der Waals surface area (Å²) in [4.78, 5) is 0. The van der Waals surface area contributed by atoms with Gasteiger partial charge in [0.25, 0.3) is 0 Å². The van der Waals surface area contributed by atoms with Crippen LogP contribution in [0.1, 0.15) is 46.0 Å². The Bertz CT molecular complexity index is 199. The Balaban J connectivity index is 2.60. The summed E-state index contributed by atoms with van der Waals surface area (Å²) in [6.45, 7) is 4.84. The summed E-state index contributed by atoms with van der Waals surface area (Å²) in [5.74, 6) is -0.720. The Morgan fingerprint density at radius 2 is 1.88 bits per heavy atom. The molecule has 1 rings (SSSR count). The molecule has 1 aliphatic heterocycles. The molecule has 0 spiro atoms. The van der Waals surface area contributed by atoms with Crippen LogP contribution in [0.4, 0.5) is 13.2 Å². The topological polar surface area (TPSA) is 12.0 Å². The van der Waals surface area contributed by atoms with Gasteiger partial charge in [0, 0.05) is 6.04 Å². The second-order valence-electron chi connectivity index (χ2n) is 4.77. The fourth-order valence-electron chi connectivity index (χ4n) is 2.57. The highest BCUT2D eigenvalue weighted by Gasteiger charge is 2.45. The van der Waals surface area contributed by atoms with Gasteiger partial charge in [-0.2, -0.15) is 13.2 Å². The van der Waals surface area contributed by atoms with Gasteiger partial charge in [-0.05, 0) is 31.7 Å². The maximum absolute atomic E-state index is 12.8. The normalized spacial score (nSPS) is 27.4. The van der Waals surface area contributed by atoms with Gasteiger partial charge in [-0.3, -0.25) is 0 Å². The Morgan fingerprint density at radius 1 is 1.25 bits per heavy atom. The summed E-state index contributed by atoms with van der Waals surface area (Å²) in [6, 6.07) is -0.362. The van der Waals surface area contributed by atoms with Gasteiger partial charge >= 0.3 is 6.18 Å². The molecule has 96 valence electrons. The van der Waals surface area contributed by atoms with E-state index in [4.69, 9.17) is 0 Å². The van der Waals surface area contributed by atoms with Crippen molar-refractivity contribution in [2.24, 2.45) is 11.8 Å². The minimum atomic E-state index is -4.04. The third-order valence-corrected chi connectivity index (χ3v) is 3.75. The second-order valence-corrected chi connectivity index (χ2v) is 4.77. The predicted octanol–water partition coefficient (Wildman–Crippen LogP) is 3.74. The Morgan fingerprint density at radius 3 is 2.38 bits per heavy atom. The molecule has 0 saturated carbocycles. The monoisotopic (exact) mass is 237 g/mol. The van der Waals surface area contributed by atoms with Gasteiger partial charge in [0.15, 0.2) is 0 Å². The first kappa shape index (κ1) is 13.8. The zero-order valence-corrected chi connectivity index (χ0v) is 10.1. The van der Waals surface area contributed by atoms with Crippen LogP contribution in [0.3, 0.4) is 0 Å². The molecular formula is C12H22F3N. The molecule has 0 aromatic rings. The lowest BCUT2D eigenvalue weighted by Crippen LogP contribution is -2.48. The van der Waals surface area contributed by atoms with E-state index in [2.05, 4.69) is 19.2 Å². The van der Waals surface area contributed by atoms with E-state index in [1.807, 2.05) is 0 Å². The molecule has 1 fully saturated rings. The van der Waals surface area contributed by atoms with E-state index in [0.29, 0.717) is 25.2 Å². The van der Waals surface area contributed by atoms with Crippen molar-refractivity contribution in [2.45, 2.75) is 58.2 Å². The van der Waals surface area contributed by atoms with Crippen LogP contribution in [0.15, 0.2) is 0 Å². The maximum atomic E-state index is 12.8. The van der Waals surface area contributed by atoms with Crippen LogP contribution in [0, 0.1) is 11.8 Å². The van der Waals surface area contributed by atoms with Crippen LogP contribution in [-0.2, 0) is 0 Å². The van der Waals surface area contributed by atoms with Gasteiger partial charge in [-0.1, -0.05) is 26.7 Å². The Kier molecular flexibility index (Phi) is 5.09. The molecule has 0 aromatic heterocycles. The van der Waals surface area contributed by atoms with Crippen LogP contribution < -0.4 is 5.32 Å². The molecule has 0 amide bonds. The van der Waals surface area contributed by atoms with E-state index in [-0.39, 0.29) is 6.04 Å². The number of rotatable bonds is 4. The van der Waals surface area contributed by atoms with Crippen molar-refractivity contribution in [3.8, 4) is 0 Å². The van der Waals surface area contributed by atoms with Crippen LogP contribution in [0.25, 0.3) is 0 Å². The Labute approximate surface area is 95.8 Å². The third kappa shape index (κ3) is 3.65. The average Bonchev–Trinajstić information content (AvgIpc) is 2.25. The number of alkyl halides is 3. The molecule has 1 saturated heterocycles. The first-order valence-corrected chi connectivity index (χ1v) is 6.29. The van der Waals surface area contributed by atoms with E-state index < -0.39 is 12.1 Å². The van der Waals surface area contributed by atoms with Crippen LogP contribution >= 0.6 is 0 Å². The summed E-state index contributed by atoms with van der Waals surface area (Å²) < 4.78 is 38.4. The second kappa shape index (κ2) is 5.89. The molecule has 2 atom stereocenters. The van der Waals surface area contributed by atoms with Gasteiger partial charge in [0.05, 0.1) is 5.92 Å². The molecule has 0 bridgehead atoms. The van der Waals surface area contributed by atoms with Crippen molar-refractivity contribution < 1.29 is 13.2 Å². The molecule has 1 aliphatic rings. The van der Waals surface area contributed by atoms with Crippen molar-refractivity contribution in [3.05, 3.63) is 0 Å². The Hall–Kier alpha value is -0.250. The molecular weight excluding hydrogens is 215 g/mol. The number of halogens is 3. The van der Waals surface area contributed by atoms with Crippen LogP contribution in [0.5, 0.6) is 0 Å². The smallest absolute Gasteiger partial charge is 0.313 e. The highest BCUT2D eigenvalue weighted by atomic mass is 19.4. The lowest BCUT2D eigenvalue weighted by Gasteiger charge is -2.35. The maximum Gasteiger partial charge on any atom is 0.393 e.